The van der Waals surface area contributed by atoms with Crippen LogP contribution < -0.4 is 0 Å². The van der Waals surface area contributed by atoms with Crippen LogP contribution in [0.25, 0.3) is 0 Å². The highest BCUT2D eigenvalue weighted by molar-refractivity contribution is 5.69. The Labute approximate surface area is 151 Å². The first-order valence-corrected chi connectivity index (χ1v) is 11.0. The van der Waals surface area contributed by atoms with Crippen molar-refractivity contribution in [2.75, 3.05) is 6.61 Å². The summed E-state index contributed by atoms with van der Waals surface area (Å²) in [5.74, 6) is 0.670. The van der Waals surface area contributed by atoms with Crippen LogP contribution in [-0.4, -0.2) is 12.6 Å². The lowest BCUT2D eigenvalue weighted by Crippen LogP contribution is -2.13. The van der Waals surface area contributed by atoms with Gasteiger partial charge in [-0.25, -0.2) is 0 Å². The van der Waals surface area contributed by atoms with Crippen LogP contribution >= 0.6 is 0 Å². The van der Waals surface area contributed by atoms with Crippen molar-refractivity contribution in [1.29, 1.82) is 0 Å². The maximum atomic E-state index is 11.8. The van der Waals surface area contributed by atoms with E-state index < -0.39 is 0 Å². The van der Waals surface area contributed by atoms with E-state index in [1.807, 2.05) is 0 Å². The van der Waals surface area contributed by atoms with Crippen molar-refractivity contribution < 1.29 is 9.53 Å². The van der Waals surface area contributed by atoms with E-state index in [0.29, 0.717) is 18.9 Å². The van der Waals surface area contributed by atoms with E-state index >= 15 is 0 Å². The van der Waals surface area contributed by atoms with Gasteiger partial charge in [0.2, 0.25) is 0 Å². The zero-order chi connectivity index (χ0) is 17.3. The predicted octanol–water partition coefficient (Wildman–Crippen LogP) is 7.20. The van der Waals surface area contributed by atoms with Gasteiger partial charge >= 0.3 is 5.97 Å². The molecule has 0 amide bonds. The first-order valence-electron chi connectivity index (χ1n) is 11.0. The summed E-state index contributed by atoms with van der Waals surface area (Å²) in [4.78, 5) is 11.8. The van der Waals surface area contributed by atoms with E-state index in [1.165, 1.54) is 103 Å². The highest BCUT2D eigenvalue weighted by atomic mass is 16.5. The molecule has 0 aliphatic heterocycles. The maximum Gasteiger partial charge on any atom is 0.305 e. The minimum absolute atomic E-state index is 0.0372. The summed E-state index contributed by atoms with van der Waals surface area (Å²) in [6, 6.07) is 0. The normalized spacial score (nSPS) is 16.0. The topological polar surface area (TPSA) is 26.3 Å². The standard InChI is InChI=1S/C22H42O2/c1-2-3-4-5-6-7-8-9-10-11-16-19-22(23)24-20-21-17-14-12-13-15-18-21/h21H,2-20H2,1H3. The lowest BCUT2D eigenvalue weighted by molar-refractivity contribution is -0.145. The zero-order valence-corrected chi connectivity index (χ0v) is 16.3. The van der Waals surface area contributed by atoms with E-state index in [0.717, 1.165) is 6.42 Å². The largest absolute Gasteiger partial charge is 0.465 e. The number of carbonyl (C=O) groups excluding carboxylic acids is 1. The van der Waals surface area contributed by atoms with E-state index in [4.69, 9.17) is 4.74 Å². The summed E-state index contributed by atoms with van der Waals surface area (Å²) < 4.78 is 5.49. The van der Waals surface area contributed by atoms with Crippen LogP contribution in [0.15, 0.2) is 0 Å². The molecule has 1 fully saturated rings. The van der Waals surface area contributed by atoms with Gasteiger partial charge in [-0.2, -0.15) is 0 Å². The average molecular weight is 339 g/mol. The van der Waals surface area contributed by atoms with E-state index in [9.17, 15) is 4.79 Å². The molecule has 1 rings (SSSR count). The highest BCUT2D eigenvalue weighted by Crippen LogP contribution is 2.23. The molecule has 1 saturated carbocycles. The van der Waals surface area contributed by atoms with Gasteiger partial charge < -0.3 is 4.74 Å². The van der Waals surface area contributed by atoms with Crippen LogP contribution in [0.4, 0.5) is 0 Å². The number of rotatable bonds is 14. The van der Waals surface area contributed by atoms with E-state index in [1.54, 1.807) is 0 Å². The number of hydrogen-bond acceptors (Lipinski definition) is 2. The van der Waals surface area contributed by atoms with E-state index in [2.05, 4.69) is 6.92 Å². The highest BCUT2D eigenvalue weighted by Gasteiger charge is 2.14. The molecular weight excluding hydrogens is 296 g/mol. The summed E-state index contributed by atoms with van der Waals surface area (Å²) in [5.41, 5.74) is 0. The van der Waals surface area contributed by atoms with Crippen molar-refractivity contribution >= 4 is 5.97 Å². The molecule has 1 aliphatic carbocycles. The zero-order valence-electron chi connectivity index (χ0n) is 16.3. The molecule has 0 spiro atoms. The van der Waals surface area contributed by atoms with Crippen LogP contribution in [0.1, 0.15) is 122 Å². The minimum Gasteiger partial charge on any atom is -0.465 e. The van der Waals surface area contributed by atoms with Crippen LogP contribution in [0, 0.1) is 5.92 Å². The van der Waals surface area contributed by atoms with Crippen LogP contribution in [0.5, 0.6) is 0 Å². The molecule has 0 aromatic heterocycles. The third kappa shape index (κ3) is 12.8. The van der Waals surface area contributed by atoms with Gasteiger partial charge in [-0.1, -0.05) is 96.8 Å². The predicted molar refractivity (Wildman–Crippen MR) is 103 cm³/mol. The van der Waals surface area contributed by atoms with Gasteiger partial charge in [-0.3, -0.25) is 4.79 Å². The Morgan fingerprint density at radius 2 is 1.25 bits per heavy atom. The van der Waals surface area contributed by atoms with Crippen molar-refractivity contribution in [3.05, 3.63) is 0 Å². The molecule has 2 heteroatoms. The molecule has 0 N–H and O–H groups in total. The molecule has 0 aromatic rings. The number of carbonyl (C=O) groups is 1. The van der Waals surface area contributed by atoms with Crippen molar-refractivity contribution in [3.63, 3.8) is 0 Å². The van der Waals surface area contributed by atoms with Crippen molar-refractivity contribution in [1.82, 2.24) is 0 Å². The molecule has 0 radical (unpaired) electrons. The first kappa shape index (κ1) is 21.5. The summed E-state index contributed by atoms with van der Waals surface area (Å²) in [7, 11) is 0. The van der Waals surface area contributed by atoms with Crippen LogP contribution in [0.3, 0.4) is 0 Å². The smallest absolute Gasteiger partial charge is 0.305 e. The van der Waals surface area contributed by atoms with Crippen molar-refractivity contribution in [2.24, 2.45) is 5.92 Å². The number of ether oxygens (including phenoxy) is 1. The minimum atomic E-state index is 0.0372. The lowest BCUT2D eigenvalue weighted by Gasteiger charge is -2.14. The summed E-state index contributed by atoms with van der Waals surface area (Å²) >= 11 is 0. The van der Waals surface area contributed by atoms with Gasteiger partial charge in [0.15, 0.2) is 0 Å². The Morgan fingerprint density at radius 3 is 1.79 bits per heavy atom. The molecule has 0 bridgehead atoms. The van der Waals surface area contributed by atoms with Gasteiger partial charge in [0, 0.05) is 6.42 Å². The van der Waals surface area contributed by atoms with Crippen LogP contribution in [-0.2, 0) is 9.53 Å². The second kappa shape index (κ2) is 16.0. The van der Waals surface area contributed by atoms with Gasteiger partial charge in [-0.15, -0.1) is 0 Å². The summed E-state index contributed by atoms with van der Waals surface area (Å²) in [6.45, 7) is 2.95. The third-order valence-corrected chi connectivity index (χ3v) is 5.44. The summed E-state index contributed by atoms with van der Waals surface area (Å²) in [6.07, 6.45) is 23.1. The molecule has 142 valence electrons. The fraction of sp³-hybridized carbons (Fsp3) is 0.955. The second-order valence-corrected chi connectivity index (χ2v) is 7.83. The Balaban J connectivity index is 1.82. The molecule has 0 saturated heterocycles. The van der Waals surface area contributed by atoms with Crippen LogP contribution in [0.2, 0.25) is 0 Å². The molecule has 0 atom stereocenters. The van der Waals surface area contributed by atoms with Gasteiger partial charge in [-0.05, 0) is 25.2 Å². The molecule has 2 nitrogen and oxygen atoms in total. The fourth-order valence-electron chi connectivity index (χ4n) is 3.75. The maximum absolute atomic E-state index is 11.8. The number of hydrogen-bond donors (Lipinski definition) is 0. The first-order chi connectivity index (χ1) is 11.8. The second-order valence-electron chi connectivity index (χ2n) is 7.83. The Morgan fingerprint density at radius 1 is 0.750 bits per heavy atom. The third-order valence-electron chi connectivity index (χ3n) is 5.44. The lowest BCUT2D eigenvalue weighted by atomic mass is 10.0. The SMILES string of the molecule is CCCCCCCCCCCCCC(=O)OCC1CCCCCC1. The van der Waals surface area contributed by atoms with E-state index in [-0.39, 0.29) is 5.97 Å². The van der Waals surface area contributed by atoms with Crippen molar-refractivity contribution in [2.45, 2.75) is 122 Å². The fourth-order valence-corrected chi connectivity index (χ4v) is 3.75. The summed E-state index contributed by atoms with van der Waals surface area (Å²) in [5, 5.41) is 0. The molecule has 0 heterocycles. The molecule has 1 aliphatic rings. The molecule has 0 unspecified atom stereocenters. The Bertz CT molecular complexity index is 280. The van der Waals surface area contributed by atoms with Gasteiger partial charge in [0.05, 0.1) is 6.61 Å². The van der Waals surface area contributed by atoms with Gasteiger partial charge in [0.25, 0.3) is 0 Å². The Kier molecular flexibility index (Phi) is 14.3. The number of unbranched alkanes of at least 4 members (excludes halogenated alkanes) is 10. The molecular formula is C22H42O2. The van der Waals surface area contributed by atoms with Gasteiger partial charge in [0.1, 0.15) is 0 Å². The Hall–Kier alpha value is -0.530. The quantitative estimate of drug-likeness (QED) is 0.190. The number of esters is 1. The monoisotopic (exact) mass is 338 g/mol. The average Bonchev–Trinajstić information content (AvgIpc) is 2.86. The molecule has 24 heavy (non-hydrogen) atoms. The molecule has 0 aromatic carbocycles. The van der Waals surface area contributed by atoms with Crippen molar-refractivity contribution in [3.8, 4) is 0 Å².